The molecule has 1 aliphatic rings. The van der Waals surface area contributed by atoms with Crippen LogP contribution in [0, 0.1) is 0 Å². The molecule has 0 amide bonds. The summed E-state index contributed by atoms with van der Waals surface area (Å²) in [6.07, 6.45) is 4.23. The van der Waals surface area contributed by atoms with E-state index in [0.29, 0.717) is 6.42 Å². The zero-order valence-electron chi connectivity index (χ0n) is 6.61. The van der Waals surface area contributed by atoms with E-state index in [-0.39, 0.29) is 6.04 Å². The van der Waals surface area contributed by atoms with Crippen LogP contribution in [0.25, 0.3) is 0 Å². The Morgan fingerprint density at radius 3 is 2.15 bits per heavy atom. The fraction of sp³-hybridized carbons (Fsp3) is 0.286. The van der Waals surface area contributed by atoms with E-state index >= 15 is 0 Å². The average molecular weight is 181 g/mol. The molecule has 68 valence electrons. The lowest BCUT2D eigenvalue weighted by molar-refractivity contribution is 0.504. The zero-order valence-corrected chi connectivity index (χ0v) is 6.61. The second-order valence-corrected chi connectivity index (χ2v) is 2.79. The van der Waals surface area contributed by atoms with E-state index in [4.69, 9.17) is 0 Å². The molecule has 1 aliphatic carbocycles. The second kappa shape index (κ2) is 2.58. The van der Waals surface area contributed by atoms with Crippen LogP contribution in [-0.4, -0.2) is 14.5 Å². The third kappa shape index (κ3) is 1.16. The molecule has 0 spiro atoms. The van der Waals surface area contributed by atoms with Crippen molar-refractivity contribution in [2.45, 2.75) is 12.5 Å². The summed E-state index contributed by atoms with van der Waals surface area (Å²) in [5, 5.41) is 0. The molecule has 0 saturated heterocycles. The molecule has 0 bridgehead atoms. The minimum Gasteiger partial charge on any atom is -0.259 e. The third-order valence-electron chi connectivity index (χ3n) is 1.95. The molecule has 1 atom stereocenters. The van der Waals surface area contributed by atoms with Crippen molar-refractivity contribution >= 4 is 0 Å². The van der Waals surface area contributed by atoms with Gasteiger partial charge in [0, 0.05) is 0 Å². The van der Waals surface area contributed by atoms with Gasteiger partial charge >= 0.3 is 17.1 Å². The van der Waals surface area contributed by atoms with Gasteiger partial charge in [-0.2, -0.15) is 0 Å². The molecular weight excluding hydrogens is 174 g/mol. The van der Waals surface area contributed by atoms with E-state index in [9.17, 15) is 14.4 Å². The highest BCUT2D eigenvalue weighted by atomic mass is 16.2. The molecule has 1 heterocycles. The molecule has 0 fully saturated rings. The van der Waals surface area contributed by atoms with Crippen molar-refractivity contribution in [3.63, 3.8) is 0 Å². The number of rotatable bonds is 1. The lowest BCUT2D eigenvalue weighted by atomic mass is 10.0. The van der Waals surface area contributed by atoms with Gasteiger partial charge in [0.15, 0.2) is 0 Å². The number of aromatic amines is 2. The Kier molecular flexibility index (Phi) is 1.54. The van der Waals surface area contributed by atoms with Crippen LogP contribution in [0.4, 0.5) is 0 Å². The van der Waals surface area contributed by atoms with E-state index in [1.54, 1.807) is 6.08 Å². The predicted molar refractivity (Wildman–Crippen MR) is 44.7 cm³/mol. The van der Waals surface area contributed by atoms with E-state index in [1.807, 2.05) is 16.0 Å². The summed E-state index contributed by atoms with van der Waals surface area (Å²) in [4.78, 5) is 36.9. The van der Waals surface area contributed by atoms with Crippen molar-refractivity contribution in [3.05, 3.63) is 43.6 Å². The normalized spacial score (nSPS) is 19.8. The van der Waals surface area contributed by atoms with Crippen molar-refractivity contribution in [2.75, 3.05) is 0 Å². The van der Waals surface area contributed by atoms with Crippen molar-refractivity contribution < 1.29 is 0 Å². The lowest BCUT2D eigenvalue weighted by Gasteiger charge is -2.17. The molecule has 0 aromatic carbocycles. The standard InChI is InChI=1S/C7H7N3O3/c11-5-8-6(12)10(7(13)9-5)4-2-1-3-4/h1-2,4H,3H2,(H2,8,9,11,12,13). The van der Waals surface area contributed by atoms with Gasteiger partial charge in [-0.1, -0.05) is 12.2 Å². The highest BCUT2D eigenvalue weighted by molar-refractivity contribution is 5.06. The van der Waals surface area contributed by atoms with Gasteiger partial charge in [0.25, 0.3) is 0 Å². The Morgan fingerprint density at radius 2 is 1.77 bits per heavy atom. The molecular formula is C7H7N3O3. The zero-order chi connectivity index (χ0) is 9.42. The number of nitrogens with zero attached hydrogens (tertiary/aromatic N) is 1. The predicted octanol–water partition coefficient (Wildman–Crippen LogP) is -1.27. The van der Waals surface area contributed by atoms with Crippen molar-refractivity contribution in [3.8, 4) is 0 Å². The molecule has 0 saturated carbocycles. The Morgan fingerprint density at radius 1 is 1.23 bits per heavy atom. The first-order chi connectivity index (χ1) is 6.18. The third-order valence-corrected chi connectivity index (χ3v) is 1.95. The van der Waals surface area contributed by atoms with Crippen LogP contribution in [0.3, 0.4) is 0 Å². The Balaban J connectivity index is 2.70. The first kappa shape index (κ1) is 7.78. The van der Waals surface area contributed by atoms with Crippen LogP contribution in [0.5, 0.6) is 0 Å². The maximum Gasteiger partial charge on any atom is 0.334 e. The highest BCUT2D eigenvalue weighted by Crippen LogP contribution is 2.18. The van der Waals surface area contributed by atoms with Gasteiger partial charge < -0.3 is 0 Å². The molecule has 2 N–H and O–H groups in total. The summed E-state index contributed by atoms with van der Waals surface area (Å²) in [5.74, 6) is 0. The number of hydrogen-bond acceptors (Lipinski definition) is 3. The number of nitrogens with one attached hydrogen (secondary N) is 2. The molecule has 2 rings (SSSR count). The fourth-order valence-corrected chi connectivity index (χ4v) is 1.19. The molecule has 1 aromatic rings. The van der Waals surface area contributed by atoms with Crippen LogP contribution >= 0.6 is 0 Å². The maximum atomic E-state index is 11.1. The fourth-order valence-electron chi connectivity index (χ4n) is 1.19. The summed E-state index contributed by atoms with van der Waals surface area (Å²) >= 11 is 0. The van der Waals surface area contributed by atoms with E-state index in [2.05, 4.69) is 0 Å². The molecule has 6 nitrogen and oxygen atoms in total. The van der Waals surface area contributed by atoms with Crippen LogP contribution in [-0.2, 0) is 0 Å². The Labute approximate surface area is 71.5 Å². The first-order valence-electron chi connectivity index (χ1n) is 3.80. The van der Waals surface area contributed by atoms with E-state index < -0.39 is 17.1 Å². The molecule has 1 aromatic heterocycles. The summed E-state index contributed by atoms with van der Waals surface area (Å²) in [7, 11) is 0. The van der Waals surface area contributed by atoms with Gasteiger partial charge in [0.05, 0.1) is 6.04 Å². The Bertz CT molecular complexity index is 485. The van der Waals surface area contributed by atoms with Crippen LogP contribution in [0.1, 0.15) is 12.5 Å². The minimum atomic E-state index is -0.769. The molecule has 13 heavy (non-hydrogen) atoms. The van der Waals surface area contributed by atoms with Gasteiger partial charge in [0.2, 0.25) is 0 Å². The SMILES string of the molecule is O=c1[nH]c(=O)n(C2C=CC2)c(=O)[nH]1. The van der Waals surface area contributed by atoms with Gasteiger partial charge in [-0.05, 0) is 6.42 Å². The highest BCUT2D eigenvalue weighted by Gasteiger charge is 2.16. The molecule has 6 heteroatoms. The smallest absolute Gasteiger partial charge is 0.259 e. The summed E-state index contributed by atoms with van der Waals surface area (Å²) in [6, 6.07) is -0.215. The molecule has 0 radical (unpaired) electrons. The van der Waals surface area contributed by atoms with Gasteiger partial charge in [-0.3, -0.25) is 9.97 Å². The summed E-state index contributed by atoms with van der Waals surface area (Å²) in [5.41, 5.74) is -2.10. The lowest BCUT2D eigenvalue weighted by Crippen LogP contribution is -2.45. The summed E-state index contributed by atoms with van der Waals surface area (Å²) < 4.78 is 0.987. The van der Waals surface area contributed by atoms with Crippen LogP contribution in [0.15, 0.2) is 26.5 Å². The van der Waals surface area contributed by atoms with Gasteiger partial charge in [0.1, 0.15) is 0 Å². The van der Waals surface area contributed by atoms with Crippen LogP contribution in [0.2, 0.25) is 0 Å². The topological polar surface area (TPSA) is 87.7 Å². The van der Waals surface area contributed by atoms with E-state index in [1.165, 1.54) is 0 Å². The number of allylic oxidation sites excluding steroid dienone is 2. The number of hydrogen-bond donors (Lipinski definition) is 2. The van der Waals surface area contributed by atoms with Gasteiger partial charge in [-0.25, -0.2) is 19.0 Å². The Hall–Kier alpha value is -1.85. The average Bonchev–Trinajstić information content (AvgIpc) is 1.92. The maximum absolute atomic E-state index is 11.1. The van der Waals surface area contributed by atoms with Crippen molar-refractivity contribution in [1.82, 2.24) is 14.5 Å². The summed E-state index contributed by atoms with van der Waals surface area (Å²) in [6.45, 7) is 0. The minimum absolute atomic E-state index is 0.215. The molecule has 1 unspecified atom stereocenters. The van der Waals surface area contributed by atoms with Gasteiger partial charge in [-0.15, -0.1) is 0 Å². The van der Waals surface area contributed by atoms with E-state index in [0.717, 1.165) is 4.57 Å². The van der Waals surface area contributed by atoms with Crippen molar-refractivity contribution in [1.29, 1.82) is 0 Å². The quantitative estimate of drug-likeness (QED) is 0.529. The largest absolute Gasteiger partial charge is 0.334 e. The number of H-pyrrole nitrogens is 2. The first-order valence-corrected chi connectivity index (χ1v) is 3.80. The number of aromatic nitrogens is 3. The van der Waals surface area contributed by atoms with Crippen molar-refractivity contribution in [2.24, 2.45) is 0 Å². The second-order valence-electron chi connectivity index (χ2n) is 2.79. The van der Waals surface area contributed by atoms with Crippen LogP contribution < -0.4 is 17.1 Å². The monoisotopic (exact) mass is 181 g/mol. The molecule has 0 aliphatic heterocycles.